The van der Waals surface area contributed by atoms with Crippen LogP contribution in [-0.4, -0.2) is 0 Å². The van der Waals surface area contributed by atoms with Crippen molar-refractivity contribution >= 4 is 0 Å². The van der Waals surface area contributed by atoms with Gasteiger partial charge < -0.3 is 0 Å². The van der Waals surface area contributed by atoms with E-state index in [2.05, 4.69) is 43.5 Å². The number of nitrogens with one attached hydrogen (secondary N) is 1. The molecule has 1 saturated carbocycles. The lowest BCUT2D eigenvalue weighted by atomic mass is 9.79. The molecule has 0 aliphatic heterocycles. The van der Waals surface area contributed by atoms with Crippen molar-refractivity contribution in [2.45, 2.75) is 51.5 Å². The molecule has 0 radical (unpaired) electrons. The first-order valence-corrected chi connectivity index (χ1v) is 6.76. The van der Waals surface area contributed by atoms with Crippen molar-refractivity contribution in [2.24, 2.45) is 11.8 Å². The van der Waals surface area contributed by atoms with Crippen LogP contribution in [0.2, 0.25) is 0 Å². The monoisotopic (exact) mass is 232 g/mol. The van der Waals surface area contributed by atoms with E-state index in [1.54, 1.807) is 0 Å². The first-order chi connectivity index (χ1) is 8.20. The zero-order valence-electron chi connectivity index (χ0n) is 10.9. The van der Waals surface area contributed by atoms with Gasteiger partial charge in [0.15, 0.2) is 0 Å². The Morgan fingerprint density at radius 3 is 2.65 bits per heavy atom. The molecule has 2 heteroatoms. The smallest absolute Gasteiger partial charge is 0.0462 e. The van der Waals surface area contributed by atoms with Crippen molar-refractivity contribution in [3.05, 3.63) is 35.4 Å². The first kappa shape index (κ1) is 12.6. The second-order valence-electron chi connectivity index (χ2n) is 5.65. The Kier molecular flexibility index (Phi) is 4.19. The predicted octanol–water partition coefficient (Wildman–Crippen LogP) is 3.50. The summed E-state index contributed by atoms with van der Waals surface area (Å²) in [6.07, 6.45) is 5.19. The highest BCUT2D eigenvalue weighted by molar-refractivity contribution is 5.29. The van der Waals surface area contributed by atoms with Crippen molar-refractivity contribution in [3.8, 4) is 0 Å². The highest BCUT2D eigenvalue weighted by Gasteiger charge is 2.20. The van der Waals surface area contributed by atoms with Gasteiger partial charge in [-0.15, -0.1) is 0 Å². The molecular weight excluding hydrogens is 208 g/mol. The van der Waals surface area contributed by atoms with E-state index < -0.39 is 0 Å². The van der Waals surface area contributed by atoms with E-state index in [4.69, 9.17) is 5.84 Å². The summed E-state index contributed by atoms with van der Waals surface area (Å²) in [4.78, 5) is 0. The van der Waals surface area contributed by atoms with Crippen LogP contribution in [0.3, 0.4) is 0 Å². The van der Waals surface area contributed by atoms with E-state index in [9.17, 15) is 0 Å². The molecular formula is C15H24N2. The predicted molar refractivity (Wildman–Crippen MR) is 72.6 cm³/mol. The summed E-state index contributed by atoms with van der Waals surface area (Å²) >= 11 is 0. The fourth-order valence-corrected chi connectivity index (χ4v) is 2.54. The number of hydrazine groups is 1. The second kappa shape index (κ2) is 5.65. The van der Waals surface area contributed by atoms with E-state index in [1.165, 1.54) is 30.4 Å². The van der Waals surface area contributed by atoms with Crippen LogP contribution >= 0.6 is 0 Å². The normalized spacial score (nSPS) is 18.1. The molecule has 0 bridgehead atoms. The maximum atomic E-state index is 5.68. The van der Waals surface area contributed by atoms with Crippen molar-refractivity contribution in [1.29, 1.82) is 0 Å². The van der Waals surface area contributed by atoms with E-state index in [0.29, 0.717) is 5.92 Å². The highest BCUT2D eigenvalue weighted by atomic mass is 15.2. The van der Waals surface area contributed by atoms with Crippen LogP contribution in [0, 0.1) is 5.92 Å². The van der Waals surface area contributed by atoms with Gasteiger partial charge in [0.25, 0.3) is 0 Å². The zero-order chi connectivity index (χ0) is 12.3. The molecule has 17 heavy (non-hydrogen) atoms. The standard InChI is InChI=1S/C15H24N2/c1-11(2)9-15(17-16)14-8-4-7-13(10-14)12-5-3-6-12/h4,7-8,10-12,15,17H,3,5-6,9,16H2,1-2H3. The molecule has 0 heterocycles. The molecule has 1 fully saturated rings. The Morgan fingerprint density at radius 1 is 1.35 bits per heavy atom. The Bertz CT molecular complexity index is 356. The van der Waals surface area contributed by atoms with Crippen molar-refractivity contribution in [3.63, 3.8) is 0 Å². The summed E-state index contributed by atoms with van der Waals surface area (Å²) in [6.45, 7) is 4.47. The minimum Gasteiger partial charge on any atom is -0.271 e. The molecule has 2 nitrogen and oxygen atoms in total. The summed E-state index contributed by atoms with van der Waals surface area (Å²) in [6, 6.07) is 9.26. The van der Waals surface area contributed by atoms with Gasteiger partial charge in [-0.05, 0) is 42.2 Å². The molecule has 1 aliphatic rings. The Hall–Kier alpha value is -0.860. The van der Waals surface area contributed by atoms with Crippen molar-refractivity contribution < 1.29 is 0 Å². The van der Waals surface area contributed by atoms with E-state index in [0.717, 1.165) is 12.3 Å². The molecule has 0 aromatic heterocycles. The number of hydrogen-bond acceptors (Lipinski definition) is 2. The fraction of sp³-hybridized carbons (Fsp3) is 0.600. The van der Waals surface area contributed by atoms with Crippen LogP contribution in [0.1, 0.15) is 62.6 Å². The number of nitrogens with two attached hydrogens (primary N) is 1. The van der Waals surface area contributed by atoms with Gasteiger partial charge in [0.05, 0.1) is 0 Å². The molecule has 3 N–H and O–H groups in total. The van der Waals surface area contributed by atoms with Gasteiger partial charge in [0.1, 0.15) is 0 Å². The first-order valence-electron chi connectivity index (χ1n) is 6.76. The van der Waals surface area contributed by atoms with Gasteiger partial charge in [-0.3, -0.25) is 11.3 Å². The highest BCUT2D eigenvalue weighted by Crippen LogP contribution is 2.37. The lowest BCUT2D eigenvalue weighted by Gasteiger charge is -2.27. The van der Waals surface area contributed by atoms with E-state index in [-0.39, 0.29) is 6.04 Å². The number of hydrogen-bond donors (Lipinski definition) is 2. The minimum atomic E-state index is 0.287. The molecule has 94 valence electrons. The SMILES string of the molecule is CC(C)CC(NN)c1cccc(C2CCC2)c1. The van der Waals surface area contributed by atoms with Crippen LogP contribution in [0.5, 0.6) is 0 Å². The van der Waals surface area contributed by atoms with Gasteiger partial charge in [-0.2, -0.15) is 0 Å². The van der Waals surface area contributed by atoms with Crippen molar-refractivity contribution in [2.75, 3.05) is 0 Å². The average molecular weight is 232 g/mol. The Morgan fingerprint density at radius 2 is 2.12 bits per heavy atom. The molecule has 0 spiro atoms. The van der Waals surface area contributed by atoms with Crippen LogP contribution in [0.15, 0.2) is 24.3 Å². The Balaban J connectivity index is 2.12. The maximum Gasteiger partial charge on any atom is 0.0462 e. The van der Waals surface area contributed by atoms with E-state index in [1.807, 2.05) is 0 Å². The summed E-state index contributed by atoms with van der Waals surface area (Å²) in [7, 11) is 0. The molecule has 1 aromatic carbocycles. The van der Waals surface area contributed by atoms with E-state index >= 15 is 0 Å². The fourth-order valence-electron chi connectivity index (χ4n) is 2.54. The molecule has 2 rings (SSSR count). The van der Waals surface area contributed by atoms with Crippen LogP contribution < -0.4 is 11.3 Å². The van der Waals surface area contributed by atoms with Gasteiger partial charge >= 0.3 is 0 Å². The Labute approximate surface area is 105 Å². The largest absolute Gasteiger partial charge is 0.271 e. The maximum absolute atomic E-state index is 5.68. The lowest BCUT2D eigenvalue weighted by Crippen LogP contribution is -2.29. The molecule has 1 atom stereocenters. The molecule has 1 aromatic rings. The number of benzene rings is 1. The molecule has 1 unspecified atom stereocenters. The van der Waals surface area contributed by atoms with Gasteiger partial charge in [0, 0.05) is 6.04 Å². The van der Waals surface area contributed by atoms with Crippen LogP contribution in [0.25, 0.3) is 0 Å². The quantitative estimate of drug-likeness (QED) is 0.602. The second-order valence-corrected chi connectivity index (χ2v) is 5.65. The average Bonchev–Trinajstić information content (AvgIpc) is 2.23. The summed E-state index contributed by atoms with van der Waals surface area (Å²) in [5.74, 6) is 7.13. The third kappa shape index (κ3) is 3.08. The summed E-state index contributed by atoms with van der Waals surface area (Å²) in [5, 5.41) is 0. The van der Waals surface area contributed by atoms with Gasteiger partial charge in [-0.25, -0.2) is 0 Å². The number of rotatable bonds is 5. The lowest BCUT2D eigenvalue weighted by molar-refractivity contribution is 0.415. The van der Waals surface area contributed by atoms with Gasteiger partial charge in [0.2, 0.25) is 0 Å². The third-order valence-electron chi connectivity index (χ3n) is 3.80. The summed E-state index contributed by atoms with van der Waals surface area (Å²) < 4.78 is 0. The van der Waals surface area contributed by atoms with Crippen LogP contribution in [0.4, 0.5) is 0 Å². The summed E-state index contributed by atoms with van der Waals surface area (Å²) in [5.41, 5.74) is 5.79. The zero-order valence-corrected chi connectivity index (χ0v) is 10.9. The molecule has 0 saturated heterocycles. The topological polar surface area (TPSA) is 38.0 Å². The van der Waals surface area contributed by atoms with Crippen molar-refractivity contribution in [1.82, 2.24) is 5.43 Å². The molecule has 1 aliphatic carbocycles. The third-order valence-corrected chi connectivity index (χ3v) is 3.80. The molecule has 0 amide bonds. The van der Waals surface area contributed by atoms with Crippen LogP contribution in [-0.2, 0) is 0 Å². The minimum absolute atomic E-state index is 0.287. The van der Waals surface area contributed by atoms with Gasteiger partial charge in [-0.1, -0.05) is 44.5 Å².